The first-order chi connectivity index (χ1) is 15.1. The summed E-state index contributed by atoms with van der Waals surface area (Å²) in [4.78, 5) is 17.0. The molecular formula is C26H26N4O. The SMILES string of the molecule is CCCC/C(N)=C(\Cc1ccc(-c2ccccc2C#N)cc1)C(=O)Nc1cccnc1. The van der Waals surface area contributed by atoms with Crippen LogP contribution in [0.3, 0.4) is 0 Å². The van der Waals surface area contributed by atoms with Crippen LogP contribution in [0.15, 0.2) is 84.3 Å². The molecule has 0 atom stereocenters. The maximum absolute atomic E-state index is 13.0. The number of anilines is 1. The van der Waals surface area contributed by atoms with Crippen molar-refractivity contribution in [3.63, 3.8) is 0 Å². The van der Waals surface area contributed by atoms with E-state index in [0.29, 0.717) is 35.4 Å². The van der Waals surface area contributed by atoms with Crippen LogP contribution in [-0.2, 0) is 11.2 Å². The van der Waals surface area contributed by atoms with Crippen molar-refractivity contribution in [2.45, 2.75) is 32.6 Å². The zero-order valence-corrected chi connectivity index (χ0v) is 17.6. The highest BCUT2D eigenvalue weighted by Crippen LogP contribution is 2.25. The molecule has 0 unspecified atom stereocenters. The smallest absolute Gasteiger partial charge is 0.253 e. The summed E-state index contributed by atoms with van der Waals surface area (Å²) in [5.74, 6) is -0.208. The molecule has 1 heterocycles. The van der Waals surface area contributed by atoms with E-state index in [1.165, 1.54) is 0 Å². The number of nitriles is 1. The number of hydrogen-bond acceptors (Lipinski definition) is 4. The zero-order valence-electron chi connectivity index (χ0n) is 17.6. The quantitative estimate of drug-likeness (QED) is 0.499. The van der Waals surface area contributed by atoms with Gasteiger partial charge in [0, 0.05) is 23.9 Å². The number of pyridine rings is 1. The lowest BCUT2D eigenvalue weighted by Gasteiger charge is -2.13. The Balaban J connectivity index is 1.84. The Hall–Kier alpha value is -3.91. The summed E-state index contributed by atoms with van der Waals surface area (Å²) in [6.07, 6.45) is 6.32. The first kappa shape index (κ1) is 21.8. The molecule has 1 aromatic heterocycles. The number of hydrogen-bond donors (Lipinski definition) is 2. The van der Waals surface area contributed by atoms with Gasteiger partial charge in [-0.3, -0.25) is 9.78 Å². The maximum Gasteiger partial charge on any atom is 0.253 e. The number of benzene rings is 2. The van der Waals surface area contributed by atoms with Gasteiger partial charge in [0.15, 0.2) is 0 Å². The highest BCUT2D eigenvalue weighted by Gasteiger charge is 2.15. The van der Waals surface area contributed by atoms with E-state index < -0.39 is 0 Å². The monoisotopic (exact) mass is 410 g/mol. The number of carbonyl (C=O) groups is 1. The average Bonchev–Trinajstić information content (AvgIpc) is 2.82. The van der Waals surface area contributed by atoms with Gasteiger partial charge >= 0.3 is 0 Å². The molecule has 2 aromatic carbocycles. The third-order valence-corrected chi connectivity index (χ3v) is 5.07. The van der Waals surface area contributed by atoms with E-state index in [4.69, 9.17) is 5.73 Å². The maximum atomic E-state index is 13.0. The van der Waals surface area contributed by atoms with Crippen LogP contribution < -0.4 is 11.1 Å². The first-order valence-electron chi connectivity index (χ1n) is 10.4. The van der Waals surface area contributed by atoms with Crippen LogP contribution >= 0.6 is 0 Å². The van der Waals surface area contributed by atoms with Crippen LogP contribution in [-0.4, -0.2) is 10.9 Å². The molecule has 0 bridgehead atoms. The number of nitrogens with one attached hydrogen (secondary N) is 1. The average molecular weight is 411 g/mol. The van der Waals surface area contributed by atoms with Crippen LogP contribution in [0.2, 0.25) is 0 Å². The van der Waals surface area contributed by atoms with Gasteiger partial charge in [-0.2, -0.15) is 5.26 Å². The molecule has 3 aromatic rings. The molecule has 0 saturated carbocycles. The Morgan fingerprint density at radius 1 is 1.10 bits per heavy atom. The van der Waals surface area contributed by atoms with Crippen molar-refractivity contribution in [2.24, 2.45) is 5.73 Å². The van der Waals surface area contributed by atoms with E-state index in [9.17, 15) is 10.1 Å². The topological polar surface area (TPSA) is 91.8 Å². The molecule has 0 radical (unpaired) electrons. The molecule has 0 spiro atoms. The van der Waals surface area contributed by atoms with Crippen molar-refractivity contribution in [1.29, 1.82) is 5.26 Å². The summed E-state index contributed by atoms with van der Waals surface area (Å²) in [5, 5.41) is 12.2. The molecule has 31 heavy (non-hydrogen) atoms. The van der Waals surface area contributed by atoms with Gasteiger partial charge in [0.05, 0.1) is 23.5 Å². The van der Waals surface area contributed by atoms with Gasteiger partial charge in [0.1, 0.15) is 0 Å². The van der Waals surface area contributed by atoms with Crippen molar-refractivity contribution in [2.75, 3.05) is 5.32 Å². The fourth-order valence-corrected chi connectivity index (χ4v) is 3.34. The van der Waals surface area contributed by atoms with E-state index in [2.05, 4.69) is 23.3 Å². The highest BCUT2D eigenvalue weighted by molar-refractivity contribution is 6.04. The lowest BCUT2D eigenvalue weighted by molar-refractivity contribution is -0.113. The Bertz CT molecular complexity index is 1100. The second kappa shape index (κ2) is 10.7. The molecule has 5 nitrogen and oxygen atoms in total. The number of carbonyl (C=O) groups excluding carboxylic acids is 1. The summed E-state index contributed by atoms with van der Waals surface area (Å²) in [7, 11) is 0. The van der Waals surface area contributed by atoms with Gasteiger partial charge in [0.25, 0.3) is 5.91 Å². The van der Waals surface area contributed by atoms with E-state index in [0.717, 1.165) is 29.5 Å². The summed E-state index contributed by atoms with van der Waals surface area (Å²) in [6.45, 7) is 2.10. The fourth-order valence-electron chi connectivity index (χ4n) is 3.34. The fraction of sp³-hybridized carbons (Fsp3) is 0.192. The van der Waals surface area contributed by atoms with Crippen molar-refractivity contribution < 1.29 is 4.79 Å². The van der Waals surface area contributed by atoms with E-state index >= 15 is 0 Å². The minimum atomic E-state index is -0.208. The molecule has 0 aliphatic heterocycles. The Morgan fingerprint density at radius 3 is 2.55 bits per heavy atom. The van der Waals surface area contributed by atoms with Crippen molar-refractivity contribution >= 4 is 11.6 Å². The summed E-state index contributed by atoms with van der Waals surface area (Å²) in [6, 6.07) is 21.2. The number of nitrogens with zero attached hydrogens (tertiary/aromatic N) is 2. The van der Waals surface area contributed by atoms with Gasteiger partial charge in [-0.05, 0) is 47.7 Å². The number of unbranched alkanes of at least 4 members (excludes halogenated alkanes) is 1. The molecule has 5 heteroatoms. The number of aromatic nitrogens is 1. The molecule has 3 rings (SSSR count). The van der Waals surface area contributed by atoms with Crippen molar-refractivity contribution in [1.82, 2.24) is 4.98 Å². The van der Waals surface area contributed by atoms with Gasteiger partial charge < -0.3 is 11.1 Å². The van der Waals surface area contributed by atoms with Crippen LogP contribution in [0.5, 0.6) is 0 Å². The lowest BCUT2D eigenvalue weighted by Crippen LogP contribution is -2.20. The van der Waals surface area contributed by atoms with Gasteiger partial charge in [0.2, 0.25) is 0 Å². The molecule has 0 aliphatic carbocycles. The highest BCUT2D eigenvalue weighted by atomic mass is 16.1. The Kier molecular flexibility index (Phi) is 7.56. The van der Waals surface area contributed by atoms with Crippen molar-refractivity contribution in [3.8, 4) is 17.2 Å². The number of amides is 1. The van der Waals surface area contributed by atoms with E-state index in [-0.39, 0.29) is 5.91 Å². The number of nitrogens with two attached hydrogens (primary N) is 1. The molecule has 0 saturated heterocycles. The molecule has 3 N–H and O–H groups in total. The summed E-state index contributed by atoms with van der Waals surface area (Å²) < 4.78 is 0. The molecule has 1 amide bonds. The molecule has 0 aliphatic rings. The molecular weight excluding hydrogens is 384 g/mol. The van der Waals surface area contributed by atoms with Gasteiger partial charge in [-0.25, -0.2) is 0 Å². The van der Waals surface area contributed by atoms with Crippen LogP contribution in [0.25, 0.3) is 11.1 Å². The van der Waals surface area contributed by atoms with Crippen LogP contribution in [0.4, 0.5) is 5.69 Å². The standard InChI is InChI=1S/C26H26N4O/c1-2-3-10-25(28)24(26(31)30-22-8-6-15-29-18-22)16-19-11-13-20(14-12-19)23-9-5-4-7-21(23)17-27/h4-9,11-15,18H,2-3,10,16,28H2,1H3,(H,30,31)/b25-24-. The first-order valence-corrected chi connectivity index (χ1v) is 10.4. The van der Waals surface area contributed by atoms with Crippen LogP contribution in [0, 0.1) is 11.3 Å². The third kappa shape index (κ3) is 5.80. The predicted molar refractivity (Wildman–Crippen MR) is 124 cm³/mol. The summed E-state index contributed by atoms with van der Waals surface area (Å²) >= 11 is 0. The second-order valence-corrected chi connectivity index (χ2v) is 7.33. The minimum absolute atomic E-state index is 0.208. The largest absolute Gasteiger partial charge is 0.402 e. The van der Waals surface area contributed by atoms with Gasteiger partial charge in [-0.15, -0.1) is 0 Å². The van der Waals surface area contributed by atoms with Gasteiger partial charge in [-0.1, -0.05) is 55.8 Å². The number of rotatable bonds is 8. The normalized spacial score (nSPS) is 11.4. The minimum Gasteiger partial charge on any atom is -0.402 e. The van der Waals surface area contributed by atoms with Crippen molar-refractivity contribution in [3.05, 3.63) is 95.5 Å². The summed E-state index contributed by atoms with van der Waals surface area (Å²) in [5.41, 5.74) is 11.6. The second-order valence-electron chi connectivity index (χ2n) is 7.33. The zero-order chi connectivity index (χ0) is 22.1. The molecule has 156 valence electrons. The van der Waals surface area contributed by atoms with E-state index in [1.807, 2.05) is 42.5 Å². The third-order valence-electron chi connectivity index (χ3n) is 5.07. The molecule has 0 fully saturated rings. The van der Waals surface area contributed by atoms with Crippen LogP contribution in [0.1, 0.15) is 37.3 Å². The predicted octanol–water partition coefficient (Wildman–Crippen LogP) is 5.20. The number of allylic oxidation sites excluding steroid dienone is 1. The Morgan fingerprint density at radius 2 is 1.87 bits per heavy atom. The van der Waals surface area contributed by atoms with E-state index in [1.54, 1.807) is 30.6 Å². The lowest BCUT2D eigenvalue weighted by atomic mass is 9.96. The Labute approximate surface area is 183 Å².